The summed E-state index contributed by atoms with van der Waals surface area (Å²) in [4.78, 5) is 19.6. The molecule has 4 nitrogen and oxygen atoms in total. The predicted molar refractivity (Wildman–Crippen MR) is 62.8 cm³/mol. The van der Waals surface area contributed by atoms with Gasteiger partial charge in [0.2, 0.25) is 5.91 Å². The van der Waals surface area contributed by atoms with Gasteiger partial charge in [-0.25, -0.2) is 5.90 Å². The van der Waals surface area contributed by atoms with E-state index in [-0.39, 0.29) is 5.91 Å². The van der Waals surface area contributed by atoms with Crippen molar-refractivity contribution in [2.45, 2.75) is 12.8 Å². The van der Waals surface area contributed by atoms with Gasteiger partial charge < -0.3 is 9.74 Å². The Kier molecular flexibility index (Phi) is 3.93. The van der Waals surface area contributed by atoms with Gasteiger partial charge in [-0.05, 0) is 17.9 Å². The van der Waals surface area contributed by atoms with Crippen molar-refractivity contribution in [3.8, 4) is 0 Å². The normalized spacial score (nSPS) is 20.3. The van der Waals surface area contributed by atoms with Crippen LogP contribution >= 0.6 is 11.3 Å². The highest BCUT2D eigenvalue weighted by atomic mass is 32.1. The Morgan fingerprint density at radius 3 is 3.25 bits per heavy atom. The molecule has 2 N–H and O–H groups in total. The average Bonchev–Trinajstić information content (AvgIpc) is 2.89. The van der Waals surface area contributed by atoms with Crippen molar-refractivity contribution >= 4 is 17.2 Å². The first-order valence-electron chi connectivity index (χ1n) is 5.41. The molecule has 0 aliphatic carbocycles. The molecule has 88 valence electrons. The number of hydrogen-bond donors (Lipinski definition) is 1. The van der Waals surface area contributed by atoms with E-state index in [0.717, 1.165) is 24.4 Å². The highest BCUT2D eigenvalue weighted by molar-refractivity contribution is 7.10. The molecule has 1 aliphatic heterocycles. The van der Waals surface area contributed by atoms with Crippen molar-refractivity contribution < 1.29 is 9.63 Å². The van der Waals surface area contributed by atoms with Gasteiger partial charge in [0.15, 0.2) is 0 Å². The second-order valence-electron chi connectivity index (χ2n) is 4.08. The van der Waals surface area contributed by atoms with E-state index in [0.29, 0.717) is 18.9 Å². The third-order valence-corrected chi connectivity index (χ3v) is 3.75. The van der Waals surface area contributed by atoms with Gasteiger partial charge in [-0.3, -0.25) is 4.79 Å². The lowest BCUT2D eigenvalue weighted by atomic mass is 10.1. The number of thiophene rings is 1. The van der Waals surface area contributed by atoms with E-state index < -0.39 is 0 Å². The monoisotopic (exact) mass is 240 g/mol. The summed E-state index contributed by atoms with van der Waals surface area (Å²) in [5, 5.41) is 2.00. The maximum absolute atomic E-state index is 11.9. The summed E-state index contributed by atoms with van der Waals surface area (Å²) in [7, 11) is 0. The smallest absolute Gasteiger partial charge is 0.227 e. The molecule has 0 bridgehead atoms. The van der Waals surface area contributed by atoms with Crippen molar-refractivity contribution in [1.82, 2.24) is 4.90 Å². The van der Waals surface area contributed by atoms with Crippen molar-refractivity contribution in [2.75, 3.05) is 19.7 Å². The topological polar surface area (TPSA) is 55.6 Å². The zero-order valence-electron chi connectivity index (χ0n) is 9.09. The predicted octanol–water partition coefficient (Wildman–Crippen LogP) is 1.03. The summed E-state index contributed by atoms with van der Waals surface area (Å²) in [5.74, 6) is 5.65. The first kappa shape index (κ1) is 11.6. The molecule has 2 rings (SSSR count). The third-order valence-electron chi connectivity index (χ3n) is 2.88. The first-order chi connectivity index (χ1) is 7.79. The molecule has 1 aromatic heterocycles. The molecule has 1 fully saturated rings. The lowest BCUT2D eigenvalue weighted by Crippen LogP contribution is -2.30. The summed E-state index contributed by atoms with van der Waals surface area (Å²) >= 11 is 1.63. The molecule has 1 aromatic rings. The molecular weight excluding hydrogens is 224 g/mol. The van der Waals surface area contributed by atoms with Crippen LogP contribution in [-0.2, 0) is 16.1 Å². The number of hydrogen-bond acceptors (Lipinski definition) is 4. The number of carbonyl (C=O) groups is 1. The fraction of sp³-hybridized carbons (Fsp3) is 0.545. The maximum Gasteiger partial charge on any atom is 0.227 e. The van der Waals surface area contributed by atoms with E-state index in [2.05, 4.69) is 4.84 Å². The summed E-state index contributed by atoms with van der Waals surface area (Å²) in [6.45, 7) is 2.16. The number of nitrogens with two attached hydrogens (primary N) is 1. The Hall–Kier alpha value is -0.910. The summed E-state index contributed by atoms with van der Waals surface area (Å²) < 4.78 is 0. The van der Waals surface area contributed by atoms with Crippen LogP contribution in [0.1, 0.15) is 11.3 Å². The Bertz CT molecular complexity index is 340. The van der Waals surface area contributed by atoms with Gasteiger partial charge in [-0.15, -0.1) is 11.3 Å². The molecule has 1 saturated heterocycles. The minimum Gasteiger partial charge on any atom is -0.342 e. The Balaban J connectivity index is 1.83. The lowest BCUT2D eigenvalue weighted by molar-refractivity contribution is -0.129. The van der Waals surface area contributed by atoms with Crippen LogP contribution in [0.15, 0.2) is 17.5 Å². The molecule has 5 heteroatoms. The Labute approximate surface area is 98.9 Å². The highest BCUT2D eigenvalue weighted by Gasteiger charge is 2.26. The van der Waals surface area contributed by atoms with Gasteiger partial charge in [-0.2, -0.15) is 0 Å². The fourth-order valence-electron chi connectivity index (χ4n) is 2.01. The maximum atomic E-state index is 11.9. The fourth-order valence-corrected chi connectivity index (χ4v) is 2.70. The van der Waals surface area contributed by atoms with Crippen LogP contribution in [0.5, 0.6) is 0 Å². The number of rotatable bonds is 4. The number of carbonyl (C=O) groups excluding carboxylic acids is 1. The number of nitrogens with zero attached hydrogens (tertiary/aromatic N) is 1. The second kappa shape index (κ2) is 5.43. The first-order valence-corrected chi connectivity index (χ1v) is 6.29. The van der Waals surface area contributed by atoms with Crippen LogP contribution in [0.4, 0.5) is 0 Å². The molecule has 0 saturated carbocycles. The minimum atomic E-state index is 0.210. The molecule has 0 aromatic carbocycles. The minimum absolute atomic E-state index is 0.210. The summed E-state index contributed by atoms with van der Waals surface area (Å²) in [5.41, 5.74) is 0. The lowest BCUT2D eigenvalue weighted by Gasteiger charge is -2.15. The number of amides is 1. The summed E-state index contributed by atoms with van der Waals surface area (Å²) in [6.07, 6.45) is 1.52. The molecule has 16 heavy (non-hydrogen) atoms. The molecule has 0 radical (unpaired) electrons. The van der Waals surface area contributed by atoms with Gasteiger partial charge in [0, 0.05) is 23.9 Å². The van der Waals surface area contributed by atoms with Crippen LogP contribution in [-0.4, -0.2) is 30.5 Å². The van der Waals surface area contributed by atoms with E-state index >= 15 is 0 Å². The summed E-state index contributed by atoms with van der Waals surface area (Å²) in [6, 6.07) is 3.97. The van der Waals surface area contributed by atoms with Crippen molar-refractivity contribution in [2.24, 2.45) is 11.8 Å². The third kappa shape index (κ3) is 2.81. The second-order valence-corrected chi connectivity index (χ2v) is 5.12. The molecule has 1 atom stereocenters. The molecule has 1 unspecified atom stereocenters. The van der Waals surface area contributed by atoms with E-state index in [1.54, 1.807) is 11.3 Å². The Morgan fingerprint density at radius 2 is 2.56 bits per heavy atom. The van der Waals surface area contributed by atoms with Gasteiger partial charge >= 0.3 is 0 Å². The quantitative estimate of drug-likeness (QED) is 0.800. The zero-order chi connectivity index (χ0) is 11.4. The van der Waals surface area contributed by atoms with Gasteiger partial charge in [0.05, 0.1) is 13.0 Å². The van der Waals surface area contributed by atoms with Crippen molar-refractivity contribution in [3.63, 3.8) is 0 Å². The van der Waals surface area contributed by atoms with Crippen LogP contribution in [0.3, 0.4) is 0 Å². The standard InChI is InChI=1S/C11H16N2O2S/c12-15-8-9-3-4-13(7-9)11(14)6-10-2-1-5-16-10/h1-2,5,9H,3-4,6-8,12H2. The average molecular weight is 240 g/mol. The van der Waals surface area contributed by atoms with E-state index in [4.69, 9.17) is 5.90 Å². The zero-order valence-corrected chi connectivity index (χ0v) is 9.91. The molecule has 0 spiro atoms. The molecule has 1 aliphatic rings. The molecule has 1 amide bonds. The van der Waals surface area contributed by atoms with E-state index in [1.165, 1.54) is 0 Å². The van der Waals surface area contributed by atoms with Gasteiger partial charge in [0.25, 0.3) is 0 Å². The van der Waals surface area contributed by atoms with Crippen LogP contribution in [0.25, 0.3) is 0 Å². The van der Waals surface area contributed by atoms with E-state index in [1.807, 2.05) is 22.4 Å². The molecule has 2 heterocycles. The van der Waals surface area contributed by atoms with E-state index in [9.17, 15) is 4.79 Å². The van der Waals surface area contributed by atoms with Crippen LogP contribution in [0, 0.1) is 5.92 Å². The largest absolute Gasteiger partial charge is 0.342 e. The highest BCUT2D eigenvalue weighted by Crippen LogP contribution is 2.18. The van der Waals surface area contributed by atoms with Crippen LogP contribution in [0.2, 0.25) is 0 Å². The Morgan fingerprint density at radius 1 is 1.69 bits per heavy atom. The van der Waals surface area contributed by atoms with Crippen molar-refractivity contribution in [3.05, 3.63) is 22.4 Å². The number of likely N-dealkylation sites (tertiary alicyclic amines) is 1. The van der Waals surface area contributed by atoms with Crippen LogP contribution < -0.4 is 5.90 Å². The van der Waals surface area contributed by atoms with Gasteiger partial charge in [0.1, 0.15) is 0 Å². The van der Waals surface area contributed by atoms with Gasteiger partial charge in [-0.1, -0.05) is 6.07 Å². The SMILES string of the molecule is NOCC1CCN(C(=O)Cc2cccs2)C1. The van der Waals surface area contributed by atoms with Crippen molar-refractivity contribution in [1.29, 1.82) is 0 Å². The molecular formula is C11H16N2O2S.